The Morgan fingerprint density at radius 1 is 1.12 bits per heavy atom. The van der Waals surface area contributed by atoms with Gasteiger partial charge < -0.3 is 18.9 Å². The van der Waals surface area contributed by atoms with E-state index in [4.69, 9.17) is 19.7 Å². The van der Waals surface area contributed by atoms with Crippen LogP contribution in [0.3, 0.4) is 0 Å². The molecule has 1 aromatic heterocycles. The van der Waals surface area contributed by atoms with Gasteiger partial charge in [0.1, 0.15) is 23.9 Å². The molecule has 1 amide bonds. The van der Waals surface area contributed by atoms with Crippen LogP contribution in [0.5, 0.6) is 11.5 Å². The average Bonchev–Trinajstić information content (AvgIpc) is 3.37. The number of para-hydroxylation sites is 1. The third-order valence-electron chi connectivity index (χ3n) is 5.46. The van der Waals surface area contributed by atoms with Crippen LogP contribution in [0.1, 0.15) is 12.5 Å². The van der Waals surface area contributed by atoms with Crippen molar-refractivity contribution in [2.24, 2.45) is 4.99 Å². The lowest BCUT2D eigenvalue weighted by Gasteiger charge is -2.22. The molecule has 0 radical (unpaired) electrons. The Morgan fingerprint density at radius 3 is 2.67 bits per heavy atom. The highest BCUT2D eigenvalue weighted by Gasteiger charge is 2.34. The van der Waals surface area contributed by atoms with Crippen molar-refractivity contribution >= 4 is 34.6 Å². The number of aromatic nitrogens is 1. The van der Waals surface area contributed by atoms with Gasteiger partial charge >= 0.3 is 0 Å². The predicted octanol–water partition coefficient (Wildman–Crippen LogP) is 4.18. The van der Waals surface area contributed by atoms with Crippen molar-refractivity contribution in [3.8, 4) is 11.5 Å². The number of nitrogens with one attached hydrogen (secondary N) is 1. The van der Waals surface area contributed by atoms with E-state index in [9.17, 15) is 4.79 Å². The van der Waals surface area contributed by atoms with Crippen molar-refractivity contribution in [3.63, 3.8) is 0 Å². The maximum absolute atomic E-state index is 12.6. The lowest BCUT2D eigenvalue weighted by atomic mass is 10.1. The summed E-state index contributed by atoms with van der Waals surface area (Å²) in [6, 6.07) is 15.4. The van der Waals surface area contributed by atoms with Gasteiger partial charge in [0.05, 0.1) is 19.2 Å². The van der Waals surface area contributed by atoms with E-state index >= 15 is 0 Å². The van der Waals surface area contributed by atoms with Crippen LogP contribution in [0.2, 0.25) is 0 Å². The second-order valence-electron chi connectivity index (χ2n) is 7.64. The molecule has 0 aliphatic carbocycles. The SMILES string of the molecule is COc1ccc(OCCn2cc(/C=C3/C(=N)N4OC(C)=CC4=NC3=O)c3ccccc32)cc1. The Bertz CT molecular complexity index is 1350. The molecule has 0 fully saturated rings. The number of aliphatic imine (C=N–C) groups is 1. The third-order valence-corrected chi connectivity index (χ3v) is 5.46. The van der Waals surface area contributed by atoms with Crippen LogP contribution in [0, 0.1) is 5.41 Å². The van der Waals surface area contributed by atoms with Crippen LogP contribution in [0.25, 0.3) is 17.0 Å². The first-order valence-corrected chi connectivity index (χ1v) is 10.5. The van der Waals surface area contributed by atoms with Crippen molar-refractivity contribution in [1.29, 1.82) is 5.41 Å². The summed E-state index contributed by atoms with van der Waals surface area (Å²) < 4.78 is 13.1. The van der Waals surface area contributed by atoms with Crippen molar-refractivity contribution in [2.45, 2.75) is 13.5 Å². The number of methoxy groups -OCH3 is 1. The molecule has 2 aromatic carbocycles. The van der Waals surface area contributed by atoms with Gasteiger partial charge in [-0.3, -0.25) is 10.2 Å². The highest BCUT2D eigenvalue weighted by Crippen LogP contribution is 2.28. The summed E-state index contributed by atoms with van der Waals surface area (Å²) in [4.78, 5) is 22.2. The molecule has 33 heavy (non-hydrogen) atoms. The topological polar surface area (TPSA) is 89.1 Å². The van der Waals surface area contributed by atoms with Gasteiger partial charge in [-0.25, -0.2) is 0 Å². The smallest absolute Gasteiger partial charge is 0.282 e. The number of ether oxygens (including phenoxy) is 2. The number of carbonyl (C=O) groups excluding carboxylic acids is 1. The number of hydrogen-bond donors (Lipinski definition) is 1. The number of allylic oxidation sites excluding steroid dienone is 1. The first-order chi connectivity index (χ1) is 16.0. The lowest BCUT2D eigenvalue weighted by Crippen LogP contribution is -2.38. The zero-order valence-corrected chi connectivity index (χ0v) is 18.2. The zero-order chi connectivity index (χ0) is 22.9. The van der Waals surface area contributed by atoms with E-state index in [1.165, 1.54) is 5.06 Å². The van der Waals surface area contributed by atoms with E-state index in [2.05, 4.69) is 9.56 Å². The molecule has 5 rings (SSSR count). The molecule has 0 saturated carbocycles. The normalized spacial score (nSPS) is 16.5. The van der Waals surface area contributed by atoms with Crippen LogP contribution >= 0.6 is 0 Å². The fourth-order valence-electron chi connectivity index (χ4n) is 3.86. The summed E-state index contributed by atoms with van der Waals surface area (Å²) in [5.41, 5.74) is 2.02. The maximum atomic E-state index is 12.6. The highest BCUT2D eigenvalue weighted by molar-refractivity contribution is 6.32. The number of rotatable bonds is 6. The largest absolute Gasteiger partial charge is 0.497 e. The molecule has 0 unspecified atom stereocenters. The molecular formula is C25H22N4O4. The van der Waals surface area contributed by atoms with Crippen molar-refractivity contribution in [3.05, 3.63) is 77.7 Å². The number of fused-ring (bicyclic) bond motifs is 2. The molecule has 166 valence electrons. The average molecular weight is 442 g/mol. The van der Waals surface area contributed by atoms with Gasteiger partial charge in [0.2, 0.25) is 0 Å². The predicted molar refractivity (Wildman–Crippen MR) is 125 cm³/mol. The monoisotopic (exact) mass is 442 g/mol. The molecule has 0 atom stereocenters. The summed E-state index contributed by atoms with van der Waals surface area (Å²) in [5.74, 6) is 1.97. The summed E-state index contributed by atoms with van der Waals surface area (Å²) in [6.07, 6.45) is 5.30. The summed E-state index contributed by atoms with van der Waals surface area (Å²) in [7, 11) is 1.63. The van der Waals surface area contributed by atoms with E-state index in [1.54, 1.807) is 26.2 Å². The Kier molecular flexibility index (Phi) is 5.18. The minimum Gasteiger partial charge on any atom is -0.497 e. The summed E-state index contributed by atoms with van der Waals surface area (Å²) >= 11 is 0. The number of benzene rings is 2. The van der Waals surface area contributed by atoms with Crippen LogP contribution in [0.15, 0.2) is 77.1 Å². The van der Waals surface area contributed by atoms with Gasteiger partial charge in [0.25, 0.3) is 5.91 Å². The molecule has 2 aliphatic heterocycles. The zero-order valence-electron chi connectivity index (χ0n) is 18.2. The van der Waals surface area contributed by atoms with Gasteiger partial charge in [-0.1, -0.05) is 18.2 Å². The first kappa shape index (κ1) is 20.6. The van der Waals surface area contributed by atoms with E-state index in [1.807, 2.05) is 54.7 Å². The maximum Gasteiger partial charge on any atom is 0.282 e. The third kappa shape index (κ3) is 3.87. The van der Waals surface area contributed by atoms with Gasteiger partial charge in [0, 0.05) is 28.7 Å². The van der Waals surface area contributed by atoms with Crippen LogP contribution in [-0.2, 0) is 16.2 Å². The van der Waals surface area contributed by atoms with Crippen LogP contribution < -0.4 is 9.47 Å². The Hall–Kier alpha value is -4.33. The fraction of sp³-hybridized carbons (Fsp3) is 0.160. The molecule has 3 aromatic rings. The Morgan fingerprint density at radius 2 is 1.88 bits per heavy atom. The number of amidine groups is 2. The minimum absolute atomic E-state index is 0.0298. The quantitative estimate of drug-likeness (QED) is 0.579. The molecule has 1 N–H and O–H groups in total. The summed E-state index contributed by atoms with van der Waals surface area (Å²) in [6.45, 7) is 2.83. The van der Waals surface area contributed by atoms with Gasteiger partial charge in [0.15, 0.2) is 11.7 Å². The molecule has 0 spiro atoms. The van der Waals surface area contributed by atoms with E-state index in [0.717, 1.165) is 28.0 Å². The second-order valence-corrected chi connectivity index (χ2v) is 7.64. The standard InChI is InChI=1S/C25H22N4O4/c1-16-13-23-27-25(30)21(24(26)29(23)33-16)14-17-15-28(22-6-4-3-5-20(17)22)11-12-32-19-9-7-18(31-2)8-10-19/h3-10,13-15,26H,11-12H2,1-2H3/b21-14-,26-24?. The molecule has 0 saturated heterocycles. The molecule has 3 heterocycles. The lowest BCUT2D eigenvalue weighted by molar-refractivity contribution is -0.114. The van der Waals surface area contributed by atoms with Gasteiger partial charge in [-0.2, -0.15) is 4.99 Å². The summed E-state index contributed by atoms with van der Waals surface area (Å²) in [5, 5.41) is 10.7. The van der Waals surface area contributed by atoms with Gasteiger partial charge in [-0.05, 0) is 43.3 Å². The van der Waals surface area contributed by atoms with Crippen molar-refractivity contribution < 1.29 is 19.1 Å². The van der Waals surface area contributed by atoms with E-state index in [-0.39, 0.29) is 11.4 Å². The van der Waals surface area contributed by atoms with Crippen LogP contribution in [0.4, 0.5) is 0 Å². The molecule has 0 bridgehead atoms. The molecule has 8 heteroatoms. The van der Waals surface area contributed by atoms with Crippen molar-refractivity contribution in [1.82, 2.24) is 9.63 Å². The number of hydroxylamine groups is 2. The van der Waals surface area contributed by atoms with Crippen molar-refractivity contribution in [2.75, 3.05) is 13.7 Å². The Balaban J connectivity index is 1.40. The Labute approximate surface area is 190 Å². The molecule has 2 aliphatic rings. The molecular weight excluding hydrogens is 420 g/mol. The number of carbonyl (C=O) groups is 1. The number of hydrogen-bond acceptors (Lipinski definition) is 5. The first-order valence-electron chi connectivity index (χ1n) is 10.5. The minimum atomic E-state index is -0.458. The van der Waals surface area contributed by atoms with E-state index in [0.29, 0.717) is 24.7 Å². The van der Waals surface area contributed by atoms with Crippen LogP contribution in [-0.4, -0.2) is 40.9 Å². The fourth-order valence-corrected chi connectivity index (χ4v) is 3.86. The van der Waals surface area contributed by atoms with Gasteiger partial charge in [-0.15, -0.1) is 5.06 Å². The number of nitrogens with zero attached hydrogens (tertiary/aromatic N) is 3. The molecule has 8 nitrogen and oxygen atoms in total. The number of amides is 1. The second kappa shape index (κ2) is 8.31. The highest BCUT2D eigenvalue weighted by atomic mass is 16.7. The van der Waals surface area contributed by atoms with E-state index < -0.39 is 5.91 Å².